The van der Waals surface area contributed by atoms with Gasteiger partial charge in [-0.3, -0.25) is 4.57 Å². The van der Waals surface area contributed by atoms with Crippen molar-refractivity contribution in [1.29, 1.82) is 0 Å². The molecule has 264 valence electrons. The number of para-hydroxylation sites is 2. The molecule has 3 heterocycles. The molecule has 0 radical (unpaired) electrons. The van der Waals surface area contributed by atoms with E-state index in [-0.39, 0.29) is 0 Å². The first-order valence-corrected chi connectivity index (χ1v) is 19.3. The lowest BCUT2D eigenvalue weighted by atomic mass is 9.92. The molecule has 3 aromatic heterocycles. The lowest BCUT2D eigenvalue weighted by molar-refractivity contribution is 0.899. The van der Waals surface area contributed by atoms with Crippen LogP contribution in [0.3, 0.4) is 0 Å². The van der Waals surface area contributed by atoms with Gasteiger partial charge >= 0.3 is 0 Å². The zero-order chi connectivity index (χ0) is 37.0. The molecule has 56 heavy (non-hydrogen) atoms. The molecule has 0 bridgehead atoms. The van der Waals surface area contributed by atoms with E-state index < -0.39 is 0 Å². The van der Waals surface area contributed by atoms with Gasteiger partial charge in [-0.1, -0.05) is 158 Å². The molecular weight excluding hydrogens is 681 g/mol. The summed E-state index contributed by atoms with van der Waals surface area (Å²) in [5.74, 6) is 0.662. The summed E-state index contributed by atoms with van der Waals surface area (Å²) >= 11 is 0. The van der Waals surface area contributed by atoms with Crippen LogP contribution in [0.25, 0.3) is 89.6 Å². The quantitative estimate of drug-likeness (QED) is 0.172. The number of aromatic nitrogens is 4. The summed E-state index contributed by atoms with van der Waals surface area (Å²) in [4.78, 5) is 10.8. The van der Waals surface area contributed by atoms with Crippen molar-refractivity contribution in [3.05, 3.63) is 205 Å². The Labute approximate surface area is 325 Å². The van der Waals surface area contributed by atoms with Crippen LogP contribution >= 0.6 is 0 Å². The molecule has 7 aromatic carbocycles. The Morgan fingerprint density at radius 2 is 0.732 bits per heavy atom. The topological polar surface area (TPSA) is 35.6 Å². The molecule has 0 spiro atoms. The molecule has 1 aliphatic carbocycles. The highest BCUT2D eigenvalue weighted by Gasteiger charge is 2.32. The number of fused-ring (bicyclic) bond motifs is 7. The van der Waals surface area contributed by atoms with Crippen molar-refractivity contribution >= 4 is 21.8 Å². The number of nitrogens with zero attached hydrogens (tertiary/aromatic N) is 4. The normalized spacial score (nSPS) is 12.1. The van der Waals surface area contributed by atoms with E-state index in [2.05, 4.69) is 203 Å². The Hall–Kier alpha value is -7.30. The lowest BCUT2D eigenvalue weighted by Gasteiger charge is -2.22. The first kappa shape index (κ1) is 32.2. The number of hydrogen-bond acceptors (Lipinski definition) is 2. The fourth-order valence-electron chi connectivity index (χ4n) is 8.73. The SMILES string of the molecule is c1ccc(-c2cc(-c3ccccc3)cc(-n3c4c(c5ccccc53)CCc3c-4n(-c4nc(-c5ccccc5)cc(-c5ccccc5)n4)c4ccccc34)c2)cc1. The van der Waals surface area contributed by atoms with E-state index in [0.29, 0.717) is 5.95 Å². The smallest absolute Gasteiger partial charge is 0.235 e. The molecule has 0 N–H and O–H groups in total. The van der Waals surface area contributed by atoms with Crippen molar-refractivity contribution in [2.24, 2.45) is 0 Å². The van der Waals surface area contributed by atoms with Gasteiger partial charge in [0.1, 0.15) is 0 Å². The van der Waals surface area contributed by atoms with E-state index >= 15 is 0 Å². The van der Waals surface area contributed by atoms with Gasteiger partial charge in [0.15, 0.2) is 0 Å². The molecule has 0 amide bonds. The predicted molar refractivity (Wildman–Crippen MR) is 230 cm³/mol. The fraction of sp³-hybridized carbons (Fsp3) is 0.0385. The Balaban J connectivity index is 1.24. The number of hydrogen-bond donors (Lipinski definition) is 0. The Morgan fingerprint density at radius 1 is 0.339 bits per heavy atom. The van der Waals surface area contributed by atoms with Crippen LogP contribution in [-0.2, 0) is 12.8 Å². The first-order chi connectivity index (χ1) is 27.8. The Morgan fingerprint density at radius 3 is 1.21 bits per heavy atom. The summed E-state index contributed by atoms with van der Waals surface area (Å²) < 4.78 is 4.85. The zero-order valence-corrected chi connectivity index (χ0v) is 30.7. The molecule has 4 nitrogen and oxygen atoms in total. The molecule has 0 unspecified atom stereocenters. The maximum Gasteiger partial charge on any atom is 0.235 e. The molecule has 11 rings (SSSR count). The summed E-state index contributed by atoms with van der Waals surface area (Å²) in [6.45, 7) is 0. The van der Waals surface area contributed by atoms with Crippen LogP contribution in [-0.4, -0.2) is 19.1 Å². The monoisotopic (exact) mass is 716 g/mol. The summed E-state index contributed by atoms with van der Waals surface area (Å²) in [6.07, 6.45) is 1.86. The molecular formula is C52H36N4. The van der Waals surface area contributed by atoms with E-state index in [0.717, 1.165) is 52.3 Å². The second kappa shape index (κ2) is 13.2. The van der Waals surface area contributed by atoms with E-state index in [9.17, 15) is 0 Å². The van der Waals surface area contributed by atoms with E-state index in [1.165, 1.54) is 55.4 Å². The zero-order valence-electron chi connectivity index (χ0n) is 30.7. The van der Waals surface area contributed by atoms with Crippen LogP contribution in [0.1, 0.15) is 11.1 Å². The minimum Gasteiger partial charge on any atom is -0.307 e. The van der Waals surface area contributed by atoms with Gasteiger partial charge in [0.05, 0.1) is 33.8 Å². The Kier molecular flexibility index (Phi) is 7.59. The number of aryl methyl sites for hydroxylation is 2. The highest BCUT2D eigenvalue weighted by Crippen LogP contribution is 2.47. The molecule has 0 atom stereocenters. The minimum atomic E-state index is 0.662. The van der Waals surface area contributed by atoms with Crippen LogP contribution in [0.2, 0.25) is 0 Å². The molecule has 10 aromatic rings. The lowest BCUT2D eigenvalue weighted by Crippen LogP contribution is -2.12. The standard InChI is InChI=1S/C52H36N4/c1-5-17-35(18-6-1)39-31-40(36-19-7-2-8-20-36)33-41(32-39)55-48-27-15-13-25-42(48)44-29-30-45-43-26-14-16-28-49(43)56(51(45)50(44)55)52-53-46(37-21-9-3-10-22-37)34-47(54-52)38-23-11-4-12-24-38/h1-28,31-34H,29-30H2. The molecule has 4 heteroatoms. The van der Waals surface area contributed by atoms with Gasteiger partial charge in [-0.2, -0.15) is 0 Å². The fourth-order valence-corrected chi connectivity index (χ4v) is 8.73. The first-order valence-electron chi connectivity index (χ1n) is 19.3. The molecule has 1 aliphatic rings. The van der Waals surface area contributed by atoms with Crippen LogP contribution < -0.4 is 0 Å². The summed E-state index contributed by atoms with van der Waals surface area (Å²) in [5.41, 5.74) is 17.1. The van der Waals surface area contributed by atoms with Gasteiger partial charge in [-0.15, -0.1) is 0 Å². The van der Waals surface area contributed by atoms with Crippen molar-refractivity contribution in [1.82, 2.24) is 19.1 Å². The van der Waals surface area contributed by atoms with Gasteiger partial charge in [0.2, 0.25) is 5.95 Å². The second-order valence-electron chi connectivity index (χ2n) is 14.5. The maximum atomic E-state index is 5.41. The molecule has 0 saturated heterocycles. The summed E-state index contributed by atoms with van der Waals surface area (Å²) in [5, 5.41) is 2.52. The largest absolute Gasteiger partial charge is 0.307 e. The third-order valence-electron chi connectivity index (χ3n) is 11.3. The summed E-state index contributed by atoms with van der Waals surface area (Å²) in [7, 11) is 0. The van der Waals surface area contributed by atoms with Crippen LogP contribution in [0.15, 0.2) is 194 Å². The number of benzene rings is 7. The third kappa shape index (κ3) is 5.30. The van der Waals surface area contributed by atoms with Gasteiger partial charge < -0.3 is 4.57 Å². The second-order valence-corrected chi connectivity index (χ2v) is 14.5. The molecule has 0 fully saturated rings. The predicted octanol–water partition coefficient (Wildman–Crippen LogP) is 12.8. The minimum absolute atomic E-state index is 0.662. The van der Waals surface area contributed by atoms with Crippen molar-refractivity contribution in [3.8, 4) is 67.8 Å². The molecule has 0 aliphatic heterocycles. The average Bonchev–Trinajstić information content (AvgIpc) is 3.81. The summed E-state index contributed by atoms with van der Waals surface area (Å²) in [6, 6.07) is 69.2. The van der Waals surface area contributed by atoms with Crippen LogP contribution in [0.4, 0.5) is 0 Å². The van der Waals surface area contributed by atoms with Gasteiger partial charge in [-0.25, -0.2) is 9.97 Å². The van der Waals surface area contributed by atoms with Crippen molar-refractivity contribution in [2.45, 2.75) is 12.8 Å². The van der Waals surface area contributed by atoms with E-state index in [4.69, 9.17) is 9.97 Å². The Bertz CT molecular complexity index is 2730. The average molecular weight is 717 g/mol. The van der Waals surface area contributed by atoms with E-state index in [1.54, 1.807) is 0 Å². The van der Waals surface area contributed by atoms with Crippen LogP contribution in [0, 0.1) is 0 Å². The van der Waals surface area contributed by atoms with Crippen molar-refractivity contribution < 1.29 is 0 Å². The molecule has 0 saturated carbocycles. The highest BCUT2D eigenvalue weighted by molar-refractivity contribution is 6.01. The third-order valence-corrected chi connectivity index (χ3v) is 11.3. The van der Waals surface area contributed by atoms with Crippen LogP contribution in [0.5, 0.6) is 0 Å². The highest BCUT2D eigenvalue weighted by atomic mass is 15.2. The van der Waals surface area contributed by atoms with Crippen molar-refractivity contribution in [2.75, 3.05) is 0 Å². The van der Waals surface area contributed by atoms with E-state index in [1.807, 2.05) is 0 Å². The van der Waals surface area contributed by atoms with Gasteiger partial charge in [0, 0.05) is 27.6 Å². The van der Waals surface area contributed by atoms with Gasteiger partial charge in [0.25, 0.3) is 0 Å². The van der Waals surface area contributed by atoms with Crippen molar-refractivity contribution in [3.63, 3.8) is 0 Å². The maximum absolute atomic E-state index is 5.41. The number of rotatable bonds is 6. The van der Waals surface area contributed by atoms with Gasteiger partial charge in [-0.05, 0) is 82.6 Å².